The Balaban J connectivity index is 1.83. The first-order chi connectivity index (χ1) is 20.8. The van der Waals surface area contributed by atoms with Crippen molar-refractivity contribution < 1.29 is 9.05 Å². The van der Waals surface area contributed by atoms with E-state index in [2.05, 4.69) is 76.2 Å². The highest BCUT2D eigenvalue weighted by atomic mass is 31.2. The Labute approximate surface area is 266 Å². The van der Waals surface area contributed by atoms with Gasteiger partial charge in [-0.15, -0.1) is 0 Å². The lowest BCUT2D eigenvalue weighted by atomic mass is 9.97. The van der Waals surface area contributed by atoms with E-state index in [1.165, 1.54) is 122 Å². The van der Waals surface area contributed by atoms with Crippen LogP contribution in [0.4, 0.5) is 0 Å². The van der Waals surface area contributed by atoms with Crippen molar-refractivity contribution in [2.45, 2.75) is 173 Å². The first-order valence-corrected chi connectivity index (χ1v) is 19.5. The Kier molecular flexibility index (Phi) is 16.3. The lowest BCUT2D eigenvalue weighted by Crippen LogP contribution is -2.30. The number of hydrogen-bond acceptors (Lipinski definition) is 3. The zero-order valence-corrected chi connectivity index (χ0v) is 29.2. The van der Waals surface area contributed by atoms with Crippen molar-refractivity contribution in [2.24, 2.45) is 4.74 Å². The van der Waals surface area contributed by atoms with E-state index in [4.69, 9.17) is 13.8 Å². The lowest BCUT2D eigenvalue weighted by molar-refractivity contribution is 0.383. The van der Waals surface area contributed by atoms with Gasteiger partial charge in [0.05, 0.1) is 10.7 Å². The number of benzene rings is 2. The van der Waals surface area contributed by atoms with E-state index in [1.54, 1.807) is 0 Å². The van der Waals surface area contributed by atoms with Crippen LogP contribution in [0.25, 0.3) is 0 Å². The normalized spacial score (nSPS) is 22.1. The summed E-state index contributed by atoms with van der Waals surface area (Å²) in [7, 11) is -2.78. The van der Waals surface area contributed by atoms with Gasteiger partial charge >= 0.3 is 7.51 Å². The molecule has 2 aromatic carbocycles. The molecule has 0 atom stereocenters. The fourth-order valence-electron chi connectivity index (χ4n) is 6.36. The molecule has 0 unspecified atom stereocenters. The molecule has 0 N–H and O–H groups in total. The monoisotopic (exact) mass is 609 g/mol. The van der Waals surface area contributed by atoms with Crippen molar-refractivity contribution in [3.05, 3.63) is 60.7 Å². The molecule has 1 aliphatic rings. The third kappa shape index (κ3) is 13.8. The van der Waals surface area contributed by atoms with Gasteiger partial charge in [0.25, 0.3) is 0 Å². The van der Waals surface area contributed by atoms with Gasteiger partial charge in [0, 0.05) is 0 Å². The fourth-order valence-corrected chi connectivity index (χ4v) is 9.31. The molecule has 3 rings (SSSR count). The molecule has 0 fully saturated rings. The van der Waals surface area contributed by atoms with E-state index < -0.39 is 7.51 Å². The molecule has 0 radical (unpaired) electrons. The van der Waals surface area contributed by atoms with Crippen LogP contribution in [0.15, 0.2) is 65.4 Å². The van der Waals surface area contributed by atoms with Crippen LogP contribution in [-0.4, -0.2) is 10.7 Å². The summed E-state index contributed by atoms with van der Waals surface area (Å²) >= 11 is 0. The fraction of sp³-hybridized carbons (Fsp3) is 0.692. The topological polar surface area (TPSA) is 30.8 Å². The van der Waals surface area contributed by atoms with Crippen molar-refractivity contribution in [3.8, 4) is 11.5 Å². The van der Waals surface area contributed by atoms with Gasteiger partial charge in [-0.2, -0.15) is 0 Å². The Morgan fingerprint density at radius 2 is 0.744 bits per heavy atom. The third-order valence-electron chi connectivity index (χ3n) is 9.19. The SMILES string of the molecule is CC1(C)CCCCCCCCCCCCCCCCCCCCCC(C)(C)P(Oc2ccccc2)(Oc2ccccc2)=N1. The van der Waals surface area contributed by atoms with Gasteiger partial charge in [-0.25, -0.2) is 4.74 Å². The maximum atomic E-state index is 7.05. The van der Waals surface area contributed by atoms with Crippen molar-refractivity contribution in [3.63, 3.8) is 0 Å². The summed E-state index contributed by atoms with van der Waals surface area (Å²) in [6.45, 7) is 9.29. The maximum Gasteiger partial charge on any atom is 0.320 e. The van der Waals surface area contributed by atoms with Gasteiger partial charge in [0.15, 0.2) is 0 Å². The average molecular weight is 610 g/mol. The minimum absolute atomic E-state index is 0.234. The summed E-state index contributed by atoms with van der Waals surface area (Å²) in [6, 6.07) is 20.5. The standard InChI is InChI=1S/C39H64NO2P/c1-38(2)34-28-20-18-16-14-12-10-8-6-5-7-9-11-13-15-17-19-21-29-35-39(3,4)43(40-38,41-36-30-24-22-25-31-36)42-37-32-26-23-27-33-37/h22-27,30-33H,5-21,28-29,34-35H2,1-4H3. The van der Waals surface area contributed by atoms with Crippen LogP contribution in [0.5, 0.6) is 11.5 Å². The summed E-state index contributed by atoms with van der Waals surface area (Å²) in [5, 5.41) is -0.234. The van der Waals surface area contributed by atoms with Crippen LogP contribution in [0, 0.1) is 0 Å². The molecule has 0 saturated carbocycles. The Morgan fingerprint density at radius 3 is 1.09 bits per heavy atom. The molecule has 4 heteroatoms. The van der Waals surface area contributed by atoms with Crippen LogP contribution in [0.2, 0.25) is 0 Å². The highest BCUT2D eigenvalue weighted by molar-refractivity contribution is 7.59. The zero-order valence-electron chi connectivity index (χ0n) is 28.3. The van der Waals surface area contributed by atoms with Gasteiger partial charge in [0.2, 0.25) is 0 Å². The largest absolute Gasteiger partial charge is 0.430 e. The van der Waals surface area contributed by atoms with Gasteiger partial charge in [-0.05, 0) is 64.8 Å². The summed E-state index contributed by atoms with van der Waals surface area (Å²) in [5.74, 6) is 1.70. The van der Waals surface area contributed by atoms with Gasteiger partial charge in [-0.3, -0.25) is 0 Å². The molecule has 1 aliphatic heterocycles. The molecule has 242 valence electrons. The van der Waals surface area contributed by atoms with E-state index in [9.17, 15) is 0 Å². The van der Waals surface area contributed by atoms with Crippen LogP contribution >= 0.6 is 7.51 Å². The number of rotatable bonds is 4. The molecule has 3 nitrogen and oxygen atoms in total. The van der Waals surface area contributed by atoms with Crippen LogP contribution in [-0.2, 0) is 0 Å². The molecule has 0 saturated heterocycles. The Morgan fingerprint density at radius 1 is 0.442 bits per heavy atom. The van der Waals surface area contributed by atoms with E-state index in [1.807, 2.05) is 12.1 Å². The summed E-state index contributed by atoms with van der Waals surface area (Å²) in [6.07, 6.45) is 28.1. The molecule has 0 amide bonds. The molecule has 43 heavy (non-hydrogen) atoms. The highest BCUT2D eigenvalue weighted by Crippen LogP contribution is 2.65. The van der Waals surface area contributed by atoms with Crippen LogP contribution < -0.4 is 9.05 Å². The van der Waals surface area contributed by atoms with E-state index >= 15 is 0 Å². The van der Waals surface area contributed by atoms with Crippen molar-refractivity contribution in [1.82, 2.24) is 0 Å². The smallest absolute Gasteiger partial charge is 0.320 e. The lowest BCUT2D eigenvalue weighted by Gasteiger charge is -2.40. The van der Waals surface area contributed by atoms with Gasteiger partial charge in [0.1, 0.15) is 11.5 Å². The van der Waals surface area contributed by atoms with Gasteiger partial charge < -0.3 is 9.05 Å². The van der Waals surface area contributed by atoms with Crippen molar-refractivity contribution in [2.75, 3.05) is 0 Å². The van der Waals surface area contributed by atoms with E-state index in [0.717, 1.165) is 24.3 Å². The number of nitrogens with zero attached hydrogens (tertiary/aromatic N) is 1. The molecule has 1 heterocycles. The number of para-hydroxylation sites is 2. The minimum Gasteiger partial charge on any atom is -0.430 e. The number of hydrogen-bond donors (Lipinski definition) is 0. The molecular weight excluding hydrogens is 545 g/mol. The second-order valence-electron chi connectivity index (χ2n) is 14.3. The quantitative estimate of drug-likeness (QED) is 0.323. The average Bonchev–Trinajstić information content (AvgIpc) is 2.98. The molecule has 0 aromatic heterocycles. The predicted octanol–water partition coefficient (Wildman–Crippen LogP) is 13.9. The molecule has 0 aliphatic carbocycles. The minimum atomic E-state index is -2.78. The third-order valence-corrected chi connectivity index (χ3v) is 12.7. The van der Waals surface area contributed by atoms with E-state index in [0.29, 0.717) is 0 Å². The van der Waals surface area contributed by atoms with Crippen LogP contribution in [0.1, 0.15) is 163 Å². The Hall–Kier alpha value is -1.73. The molecule has 0 bridgehead atoms. The molecule has 0 spiro atoms. The summed E-state index contributed by atoms with van der Waals surface area (Å²) < 4.78 is 19.8. The van der Waals surface area contributed by atoms with E-state index in [-0.39, 0.29) is 10.7 Å². The van der Waals surface area contributed by atoms with Gasteiger partial charge in [-0.1, -0.05) is 158 Å². The second kappa shape index (κ2) is 19.6. The van der Waals surface area contributed by atoms with Crippen LogP contribution in [0.3, 0.4) is 0 Å². The Bertz CT molecular complexity index is 988. The predicted molar refractivity (Wildman–Crippen MR) is 189 cm³/mol. The molecule has 2 aromatic rings. The second-order valence-corrected chi connectivity index (χ2v) is 17.1. The summed E-state index contributed by atoms with van der Waals surface area (Å²) in [4.78, 5) is 0. The maximum absolute atomic E-state index is 7.05. The first kappa shape index (κ1) is 35.7. The van der Waals surface area contributed by atoms with Crippen molar-refractivity contribution in [1.29, 1.82) is 0 Å². The summed E-state index contributed by atoms with van der Waals surface area (Å²) in [5.41, 5.74) is -0.235. The highest BCUT2D eigenvalue weighted by Gasteiger charge is 2.45. The zero-order chi connectivity index (χ0) is 30.7. The molecular formula is C39H64NO2P. The van der Waals surface area contributed by atoms with Crippen molar-refractivity contribution >= 4 is 7.51 Å². The first-order valence-electron chi connectivity index (χ1n) is 17.9.